The summed E-state index contributed by atoms with van der Waals surface area (Å²) in [5.74, 6) is 0.895. The zero-order chi connectivity index (χ0) is 18.6. The fraction of sp³-hybridized carbons (Fsp3) is 0.412. The van der Waals surface area contributed by atoms with E-state index in [2.05, 4.69) is 20.3 Å². The van der Waals surface area contributed by atoms with Gasteiger partial charge in [-0.15, -0.1) is 0 Å². The van der Waals surface area contributed by atoms with Gasteiger partial charge in [0.15, 0.2) is 5.82 Å². The van der Waals surface area contributed by atoms with Gasteiger partial charge in [-0.05, 0) is 50.9 Å². The van der Waals surface area contributed by atoms with Gasteiger partial charge in [-0.1, -0.05) is 18.2 Å². The molecule has 1 aromatic heterocycles. The van der Waals surface area contributed by atoms with Crippen LogP contribution in [-0.4, -0.2) is 32.7 Å². The van der Waals surface area contributed by atoms with Crippen LogP contribution in [0.1, 0.15) is 33.3 Å². The number of ether oxygens (including phenoxy) is 1. The third kappa shape index (κ3) is 5.86. The molecule has 25 heavy (non-hydrogen) atoms. The lowest BCUT2D eigenvalue weighted by Crippen LogP contribution is -2.33. The molecule has 1 amide bonds. The van der Waals surface area contributed by atoms with E-state index in [1.54, 1.807) is 13.8 Å². The van der Waals surface area contributed by atoms with E-state index in [1.165, 1.54) is 0 Å². The molecule has 2 aromatic rings. The smallest absolute Gasteiger partial charge is 0.405 e. The highest BCUT2D eigenvalue weighted by atomic mass is 35.5. The number of aromatic nitrogens is 3. The van der Waals surface area contributed by atoms with Crippen molar-refractivity contribution in [1.29, 1.82) is 0 Å². The molecule has 2 rings (SSSR count). The summed E-state index contributed by atoms with van der Waals surface area (Å²) in [7, 11) is 0. The molecular weight excluding hydrogens is 342 g/mol. The van der Waals surface area contributed by atoms with E-state index in [0.717, 1.165) is 11.1 Å². The van der Waals surface area contributed by atoms with Gasteiger partial charge in [-0.2, -0.15) is 15.0 Å². The molecule has 0 saturated heterocycles. The molecule has 0 spiro atoms. The summed E-state index contributed by atoms with van der Waals surface area (Å²) < 4.78 is 5.14. The molecule has 0 saturated carbocycles. The zero-order valence-corrected chi connectivity index (χ0v) is 15.5. The largest absolute Gasteiger partial charge is 0.443 e. The molecule has 1 heterocycles. The molecule has 8 heteroatoms. The third-order valence-electron chi connectivity index (χ3n) is 3.22. The normalized spacial score (nSPS) is 11.4. The van der Waals surface area contributed by atoms with E-state index in [9.17, 15) is 4.79 Å². The average Bonchev–Trinajstić information content (AvgIpc) is 2.44. The molecule has 0 aliphatic heterocycles. The van der Waals surface area contributed by atoms with Gasteiger partial charge in [0.05, 0.1) is 0 Å². The molecule has 0 atom stereocenters. The number of nitrogens with zero attached hydrogens (tertiary/aromatic N) is 3. The molecular formula is C17H22ClN5O2. The average molecular weight is 364 g/mol. The first-order chi connectivity index (χ1) is 11.6. The summed E-state index contributed by atoms with van der Waals surface area (Å²) in [4.78, 5) is 23.7. The molecule has 3 N–H and O–H groups in total. The number of amides is 1. The van der Waals surface area contributed by atoms with Crippen LogP contribution in [0.5, 0.6) is 0 Å². The van der Waals surface area contributed by atoms with Crippen molar-refractivity contribution in [1.82, 2.24) is 15.0 Å². The summed E-state index contributed by atoms with van der Waals surface area (Å²) in [5, 5.41) is 3.23. The van der Waals surface area contributed by atoms with Gasteiger partial charge in [0.1, 0.15) is 5.60 Å². The molecule has 0 bridgehead atoms. The summed E-state index contributed by atoms with van der Waals surface area (Å²) in [6, 6.07) is 7.81. The predicted molar refractivity (Wildman–Crippen MR) is 97.5 cm³/mol. The Morgan fingerprint density at radius 2 is 2.04 bits per heavy atom. The van der Waals surface area contributed by atoms with Crippen LogP contribution in [-0.2, 0) is 11.2 Å². The Labute approximate surface area is 152 Å². The number of carbonyl (C=O) groups excluding carboxylic acids is 1. The minimum Gasteiger partial charge on any atom is -0.443 e. The lowest BCUT2D eigenvalue weighted by Gasteiger charge is -2.24. The lowest BCUT2D eigenvalue weighted by atomic mass is 9.97. The van der Waals surface area contributed by atoms with E-state index < -0.39 is 11.7 Å². The second-order valence-corrected chi connectivity index (χ2v) is 6.95. The predicted octanol–water partition coefficient (Wildman–Crippen LogP) is 3.43. The number of benzene rings is 1. The second-order valence-electron chi connectivity index (χ2n) is 6.61. The van der Waals surface area contributed by atoms with Gasteiger partial charge in [0.2, 0.25) is 11.2 Å². The van der Waals surface area contributed by atoms with Crippen LogP contribution in [0.25, 0.3) is 11.4 Å². The summed E-state index contributed by atoms with van der Waals surface area (Å²) in [6.45, 7) is 7.57. The van der Waals surface area contributed by atoms with Crippen molar-refractivity contribution in [3.05, 3.63) is 35.1 Å². The number of primary amides is 1. The van der Waals surface area contributed by atoms with Gasteiger partial charge < -0.3 is 15.8 Å². The summed E-state index contributed by atoms with van der Waals surface area (Å²) in [6.07, 6.45) is -0.297. The topological polar surface area (TPSA) is 103 Å². The number of rotatable bonds is 6. The van der Waals surface area contributed by atoms with E-state index >= 15 is 0 Å². The standard InChI is InChI=1S/C17H22ClN5O2/c1-10(2)20-16-22-13(21-14(18)23-16)12-7-5-6-11(8-12)9-17(3,4)25-15(19)24/h5-8,10H,9H2,1-4H3,(H2,19,24)(H,20,21,22,23). The van der Waals surface area contributed by atoms with Crippen LogP contribution >= 0.6 is 11.6 Å². The van der Waals surface area contributed by atoms with Gasteiger partial charge in [0, 0.05) is 18.0 Å². The monoisotopic (exact) mass is 363 g/mol. The minimum absolute atomic E-state index is 0.121. The van der Waals surface area contributed by atoms with Crippen LogP contribution in [0.3, 0.4) is 0 Å². The van der Waals surface area contributed by atoms with Gasteiger partial charge in [-0.25, -0.2) is 4.79 Å². The Kier molecular flexibility index (Phi) is 5.79. The van der Waals surface area contributed by atoms with Crippen LogP contribution in [0, 0.1) is 0 Å². The van der Waals surface area contributed by atoms with E-state index in [4.69, 9.17) is 22.1 Å². The van der Waals surface area contributed by atoms with Crippen molar-refractivity contribution in [3.63, 3.8) is 0 Å². The summed E-state index contributed by atoms with van der Waals surface area (Å²) in [5.41, 5.74) is 6.15. The van der Waals surface area contributed by atoms with Gasteiger partial charge in [-0.3, -0.25) is 0 Å². The highest BCUT2D eigenvalue weighted by Crippen LogP contribution is 2.23. The Balaban J connectivity index is 2.29. The van der Waals surface area contributed by atoms with Crippen molar-refractivity contribution in [2.45, 2.75) is 45.8 Å². The number of hydrogen-bond acceptors (Lipinski definition) is 6. The van der Waals surface area contributed by atoms with Crippen LogP contribution in [0.2, 0.25) is 5.28 Å². The first-order valence-electron chi connectivity index (χ1n) is 7.90. The highest BCUT2D eigenvalue weighted by molar-refractivity contribution is 6.28. The number of carbonyl (C=O) groups is 1. The fourth-order valence-corrected chi connectivity index (χ4v) is 2.58. The summed E-state index contributed by atoms with van der Waals surface area (Å²) >= 11 is 6.01. The molecule has 0 unspecified atom stereocenters. The molecule has 134 valence electrons. The molecule has 0 aliphatic carbocycles. The number of anilines is 1. The Hall–Kier alpha value is -2.41. The van der Waals surface area contributed by atoms with Crippen molar-refractivity contribution in [2.24, 2.45) is 5.73 Å². The Morgan fingerprint density at radius 3 is 2.68 bits per heavy atom. The highest BCUT2D eigenvalue weighted by Gasteiger charge is 2.22. The lowest BCUT2D eigenvalue weighted by molar-refractivity contribution is 0.0460. The van der Waals surface area contributed by atoms with E-state index in [1.807, 2.05) is 38.1 Å². The van der Waals surface area contributed by atoms with Crippen molar-refractivity contribution >= 4 is 23.6 Å². The molecule has 0 fully saturated rings. The van der Waals surface area contributed by atoms with Crippen molar-refractivity contribution < 1.29 is 9.53 Å². The Bertz CT molecular complexity index is 764. The number of halogens is 1. The maximum atomic E-state index is 11.0. The van der Waals surface area contributed by atoms with Crippen LogP contribution in [0.15, 0.2) is 24.3 Å². The fourth-order valence-electron chi connectivity index (χ4n) is 2.42. The maximum Gasteiger partial charge on any atom is 0.405 e. The maximum absolute atomic E-state index is 11.0. The van der Waals surface area contributed by atoms with Crippen molar-refractivity contribution in [3.8, 4) is 11.4 Å². The van der Waals surface area contributed by atoms with Gasteiger partial charge >= 0.3 is 6.09 Å². The van der Waals surface area contributed by atoms with E-state index in [0.29, 0.717) is 18.2 Å². The molecule has 7 nitrogen and oxygen atoms in total. The van der Waals surface area contributed by atoms with Crippen molar-refractivity contribution in [2.75, 3.05) is 5.32 Å². The number of nitrogens with one attached hydrogen (secondary N) is 1. The SMILES string of the molecule is CC(C)Nc1nc(Cl)nc(-c2cccc(CC(C)(C)OC(N)=O)c2)n1. The minimum atomic E-state index is -0.796. The Morgan fingerprint density at radius 1 is 1.32 bits per heavy atom. The number of hydrogen-bond donors (Lipinski definition) is 2. The van der Waals surface area contributed by atoms with Gasteiger partial charge in [0.25, 0.3) is 0 Å². The molecule has 0 radical (unpaired) electrons. The first kappa shape index (κ1) is 18.9. The second kappa shape index (κ2) is 7.65. The van der Waals surface area contributed by atoms with Crippen LogP contribution in [0.4, 0.5) is 10.7 Å². The zero-order valence-electron chi connectivity index (χ0n) is 14.7. The third-order valence-corrected chi connectivity index (χ3v) is 3.39. The number of nitrogens with two attached hydrogens (primary N) is 1. The first-order valence-corrected chi connectivity index (χ1v) is 8.28. The van der Waals surface area contributed by atoms with Crippen LogP contribution < -0.4 is 11.1 Å². The molecule has 0 aliphatic rings. The molecule has 1 aromatic carbocycles. The van der Waals surface area contributed by atoms with E-state index in [-0.39, 0.29) is 11.3 Å². The quantitative estimate of drug-likeness (QED) is 0.814.